The molecule has 2 nitrogen and oxygen atoms in total. The van der Waals surface area contributed by atoms with Gasteiger partial charge in [-0.15, -0.1) is 0 Å². The van der Waals surface area contributed by atoms with E-state index in [9.17, 15) is 0 Å². The number of rotatable bonds is 6. The molecule has 2 fully saturated rings. The Kier molecular flexibility index (Phi) is 4.19. The van der Waals surface area contributed by atoms with E-state index in [2.05, 4.69) is 35.6 Å². The number of aliphatic hydroxyl groups excluding tert-OH is 1. The van der Waals surface area contributed by atoms with Crippen molar-refractivity contribution in [3.05, 3.63) is 35.9 Å². The van der Waals surface area contributed by atoms with Gasteiger partial charge in [-0.25, -0.2) is 0 Å². The average Bonchev–Trinajstić information content (AvgIpc) is 3.07. The highest BCUT2D eigenvalue weighted by molar-refractivity contribution is 5.19. The molecule has 3 rings (SSSR count). The maximum absolute atomic E-state index is 9.10. The van der Waals surface area contributed by atoms with Gasteiger partial charge in [-0.2, -0.15) is 0 Å². The predicted octanol–water partition coefficient (Wildman–Crippen LogP) is 3.28. The van der Waals surface area contributed by atoms with Gasteiger partial charge in [-0.05, 0) is 49.5 Å². The van der Waals surface area contributed by atoms with Crippen LogP contribution in [-0.2, 0) is 0 Å². The van der Waals surface area contributed by atoms with E-state index in [1.165, 1.54) is 31.2 Å². The third kappa shape index (κ3) is 3.01. The van der Waals surface area contributed by atoms with Gasteiger partial charge in [0.2, 0.25) is 0 Å². The molecule has 0 aromatic heterocycles. The topological polar surface area (TPSA) is 32.3 Å². The third-order valence-electron chi connectivity index (χ3n) is 5.01. The molecule has 2 heteroatoms. The van der Waals surface area contributed by atoms with E-state index in [-0.39, 0.29) is 0 Å². The van der Waals surface area contributed by atoms with Gasteiger partial charge in [-0.3, -0.25) is 0 Å². The molecule has 0 radical (unpaired) electrons. The molecule has 2 aliphatic carbocycles. The van der Waals surface area contributed by atoms with E-state index >= 15 is 0 Å². The Morgan fingerprint density at radius 2 is 2.00 bits per heavy atom. The Balaban J connectivity index is 1.66. The van der Waals surface area contributed by atoms with Gasteiger partial charge in [-0.1, -0.05) is 36.8 Å². The average molecular weight is 259 g/mol. The van der Waals surface area contributed by atoms with Crippen LogP contribution in [0.15, 0.2) is 30.3 Å². The summed E-state index contributed by atoms with van der Waals surface area (Å²) in [5.74, 6) is 1.89. The number of hydrogen-bond acceptors (Lipinski definition) is 2. The van der Waals surface area contributed by atoms with Crippen LogP contribution >= 0.6 is 0 Å². The monoisotopic (exact) mass is 259 g/mol. The number of hydrogen-bond donors (Lipinski definition) is 2. The maximum Gasteiger partial charge on any atom is 0.0431 e. The Morgan fingerprint density at radius 3 is 2.63 bits per heavy atom. The normalized spacial score (nSPS) is 30.7. The standard InChI is InChI=1S/C17H25NO/c19-10-4-7-16(14-5-2-1-3-6-14)18-17-12-13-8-9-15(17)11-13/h1-3,5-6,13,15-19H,4,7-12H2. The Bertz CT molecular complexity index is 392. The van der Waals surface area contributed by atoms with Gasteiger partial charge in [0.1, 0.15) is 0 Å². The molecule has 0 amide bonds. The van der Waals surface area contributed by atoms with E-state index in [0.717, 1.165) is 24.7 Å². The fourth-order valence-electron chi connectivity index (χ4n) is 4.03. The van der Waals surface area contributed by atoms with E-state index in [1.54, 1.807) is 0 Å². The zero-order valence-electron chi connectivity index (χ0n) is 11.6. The van der Waals surface area contributed by atoms with Crippen LogP contribution in [0, 0.1) is 11.8 Å². The highest BCUT2D eigenvalue weighted by atomic mass is 16.2. The molecule has 1 aromatic rings. The largest absolute Gasteiger partial charge is 0.396 e. The summed E-state index contributed by atoms with van der Waals surface area (Å²) >= 11 is 0. The SMILES string of the molecule is OCCCC(NC1CC2CCC1C2)c1ccccc1. The molecular weight excluding hydrogens is 234 g/mol. The highest BCUT2D eigenvalue weighted by Crippen LogP contribution is 2.45. The first-order valence-electron chi connectivity index (χ1n) is 7.78. The van der Waals surface area contributed by atoms with Crippen molar-refractivity contribution in [2.75, 3.05) is 6.61 Å². The van der Waals surface area contributed by atoms with Crippen molar-refractivity contribution >= 4 is 0 Å². The van der Waals surface area contributed by atoms with Crippen LogP contribution in [-0.4, -0.2) is 17.8 Å². The van der Waals surface area contributed by atoms with Gasteiger partial charge < -0.3 is 10.4 Å². The summed E-state index contributed by atoms with van der Waals surface area (Å²) < 4.78 is 0. The van der Waals surface area contributed by atoms with Crippen molar-refractivity contribution in [2.24, 2.45) is 11.8 Å². The fraction of sp³-hybridized carbons (Fsp3) is 0.647. The summed E-state index contributed by atoms with van der Waals surface area (Å²) in [6.07, 6.45) is 7.60. The summed E-state index contributed by atoms with van der Waals surface area (Å²) in [5.41, 5.74) is 1.37. The predicted molar refractivity (Wildman–Crippen MR) is 77.9 cm³/mol. The maximum atomic E-state index is 9.10. The minimum atomic E-state index is 0.293. The molecular formula is C17H25NO. The summed E-state index contributed by atoms with van der Waals surface area (Å²) in [6.45, 7) is 0.293. The zero-order valence-corrected chi connectivity index (χ0v) is 11.6. The molecule has 104 valence electrons. The molecule has 4 unspecified atom stereocenters. The summed E-state index contributed by atoms with van der Waals surface area (Å²) in [4.78, 5) is 0. The van der Waals surface area contributed by atoms with Crippen molar-refractivity contribution < 1.29 is 5.11 Å². The molecule has 0 spiro atoms. The van der Waals surface area contributed by atoms with Crippen molar-refractivity contribution in [2.45, 2.75) is 50.6 Å². The summed E-state index contributed by atoms with van der Waals surface area (Å²) in [6, 6.07) is 11.8. The van der Waals surface area contributed by atoms with E-state index in [4.69, 9.17) is 5.11 Å². The first-order chi connectivity index (χ1) is 9.36. The Hall–Kier alpha value is -0.860. The lowest BCUT2D eigenvalue weighted by Gasteiger charge is -2.29. The molecule has 1 aromatic carbocycles. The number of nitrogens with one attached hydrogen (secondary N) is 1. The van der Waals surface area contributed by atoms with Crippen LogP contribution in [0.4, 0.5) is 0 Å². The molecule has 19 heavy (non-hydrogen) atoms. The second kappa shape index (κ2) is 6.06. The molecule has 0 saturated heterocycles. The Morgan fingerprint density at radius 1 is 1.16 bits per heavy atom. The van der Waals surface area contributed by atoms with Crippen LogP contribution in [0.5, 0.6) is 0 Å². The smallest absolute Gasteiger partial charge is 0.0431 e. The van der Waals surface area contributed by atoms with Crippen LogP contribution < -0.4 is 5.32 Å². The van der Waals surface area contributed by atoms with Gasteiger partial charge >= 0.3 is 0 Å². The molecule has 2 aliphatic rings. The van der Waals surface area contributed by atoms with Crippen LogP contribution in [0.25, 0.3) is 0 Å². The molecule has 4 atom stereocenters. The van der Waals surface area contributed by atoms with Crippen molar-refractivity contribution in [3.8, 4) is 0 Å². The minimum absolute atomic E-state index is 0.293. The van der Waals surface area contributed by atoms with Crippen molar-refractivity contribution in [3.63, 3.8) is 0 Å². The lowest BCUT2D eigenvalue weighted by atomic mass is 9.92. The Labute approximate surface area is 116 Å². The lowest BCUT2D eigenvalue weighted by Crippen LogP contribution is -2.37. The summed E-state index contributed by atoms with van der Waals surface area (Å²) in [5, 5.41) is 13.0. The quantitative estimate of drug-likeness (QED) is 0.821. The highest BCUT2D eigenvalue weighted by Gasteiger charge is 2.40. The third-order valence-corrected chi connectivity index (χ3v) is 5.01. The first-order valence-corrected chi connectivity index (χ1v) is 7.78. The molecule has 0 aliphatic heterocycles. The lowest BCUT2D eigenvalue weighted by molar-refractivity contribution is 0.260. The van der Waals surface area contributed by atoms with Crippen LogP contribution in [0.1, 0.15) is 50.1 Å². The second-order valence-corrected chi connectivity index (χ2v) is 6.28. The first kappa shape index (κ1) is 13.1. The van der Waals surface area contributed by atoms with Crippen molar-refractivity contribution in [1.82, 2.24) is 5.32 Å². The number of aliphatic hydroxyl groups is 1. The molecule has 2 bridgehead atoms. The number of benzene rings is 1. The van der Waals surface area contributed by atoms with Crippen LogP contribution in [0.3, 0.4) is 0 Å². The minimum Gasteiger partial charge on any atom is -0.396 e. The van der Waals surface area contributed by atoms with E-state index < -0.39 is 0 Å². The zero-order chi connectivity index (χ0) is 13.1. The fourth-order valence-corrected chi connectivity index (χ4v) is 4.03. The number of fused-ring (bicyclic) bond motifs is 2. The molecule has 0 heterocycles. The van der Waals surface area contributed by atoms with E-state index in [0.29, 0.717) is 18.7 Å². The van der Waals surface area contributed by atoms with Crippen LogP contribution in [0.2, 0.25) is 0 Å². The molecule has 2 N–H and O–H groups in total. The van der Waals surface area contributed by atoms with Gasteiger partial charge in [0, 0.05) is 18.7 Å². The van der Waals surface area contributed by atoms with Gasteiger partial charge in [0.25, 0.3) is 0 Å². The van der Waals surface area contributed by atoms with Gasteiger partial charge in [0.15, 0.2) is 0 Å². The molecule has 2 saturated carbocycles. The van der Waals surface area contributed by atoms with Crippen molar-refractivity contribution in [1.29, 1.82) is 0 Å². The second-order valence-electron chi connectivity index (χ2n) is 6.28. The summed E-state index contributed by atoms with van der Waals surface area (Å²) in [7, 11) is 0. The van der Waals surface area contributed by atoms with Gasteiger partial charge in [0.05, 0.1) is 0 Å². The van der Waals surface area contributed by atoms with E-state index in [1.807, 2.05) is 0 Å².